The Labute approximate surface area is 248 Å². The van der Waals surface area contributed by atoms with E-state index >= 15 is 0 Å². The second-order valence-electron chi connectivity index (χ2n) is 10.0. The quantitative estimate of drug-likeness (QED) is 0.261. The van der Waals surface area contributed by atoms with Crippen LogP contribution < -0.4 is 10.2 Å². The van der Waals surface area contributed by atoms with E-state index in [1.54, 1.807) is 37.5 Å². The predicted molar refractivity (Wildman–Crippen MR) is 158 cm³/mol. The monoisotopic (exact) mass is 611 g/mol. The Morgan fingerprint density at radius 1 is 1.02 bits per heavy atom. The van der Waals surface area contributed by atoms with Gasteiger partial charge in [0.05, 0.1) is 17.6 Å². The third-order valence-corrected chi connectivity index (χ3v) is 9.14. The van der Waals surface area contributed by atoms with Gasteiger partial charge < -0.3 is 5.32 Å². The number of hydrogen-bond donors (Lipinski definition) is 1. The number of hydrogen-bond acceptors (Lipinski definition) is 6. The Balaban J connectivity index is 1.55. The normalized spacial score (nSPS) is 16.6. The zero-order valence-electron chi connectivity index (χ0n) is 22.3. The van der Waals surface area contributed by atoms with Crippen LogP contribution in [0.25, 0.3) is 11.1 Å². The Morgan fingerprint density at radius 3 is 2.37 bits per heavy atom. The van der Waals surface area contributed by atoms with Crippen molar-refractivity contribution in [3.8, 4) is 11.1 Å². The molecule has 1 N–H and O–H groups in total. The minimum absolute atomic E-state index is 0.0752. The molecule has 0 aliphatic carbocycles. The molecule has 0 fully saturated rings. The molecule has 0 saturated heterocycles. The second-order valence-corrected chi connectivity index (χ2v) is 13.0. The SMILES string of the molecule is CC(=O)NCCCS(=O)(=O)c1cnc2n1C(C)(Cc1ccc(-c3cccnc3)cc1)C(=O)N2c1cc(Cl)cc(Cl)c1. The molecule has 1 aliphatic rings. The molecule has 1 unspecified atom stereocenters. The van der Waals surface area contributed by atoms with Crippen molar-refractivity contribution < 1.29 is 18.0 Å². The molecule has 1 aliphatic heterocycles. The van der Waals surface area contributed by atoms with Crippen molar-refractivity contribution >= 4 is 56.5 Å². The number of sulfone groups is 1. The van der Waals surface area contributed by atoms with E-state index in [9.17, 15) is 18.0 Å². The third-order valence-electron chi connectivity index (χ3n) is 6.95. The molecule has 212 valence electrons. The first-order valence-corrected chi connectivity index (χ1v) is 15.3. The number of aromatic nitrogens is 3. The summed E-state index contributed by atoms with van der Waals surface area (Å²) in [6, 6.07) is 16.2. The van der Waals surface area contributed by atoms with E-state index in [-0.39, 0.29) is 47.9 Å². The van der Waals surface area contributed by atoms with Crippen LogP contribution in [0.2, 0.25) is 10.0 Å². The van der Waals surface area contributed by atoms with Gasteiger partial charge in [-0.15, -0.1) is 0 Å². The number of nitrogens with one attached hydrogen (secondary N) is 1. The number of amides is 2. The van der Waals surface area contributed by atoms with E-state index < -0.39 is 15.4 Å². The van der Waals surface area contributed by atoms with Gasteiger partial charge in [-0.25, -0.2) is 18.3 Å². The highest BCUT2D eigenvalue weighted by atomic mass is 35.5. The summed E-state index contributed by atoms with van der Waals surface area (Å²) < 4.78 is 28.6. The minimum atomic E-state index is -3.88. The number of carbonyl (C=O) groups is 2. The standard InChI is InChI=1S/C29H27Cl2N5O4S/c1-19(37)33-11-4-12-41(39,40)26-18-34-28-35(25-14-23(30)13-24(31)15-25)27(38)29(2,36(26)28)16-20-6-8-21(9-7-20)22-5-3-10-32-17-22/h3,5-10,13-15,17-18H,4,11-12,16H2,1-2H3,(H,33,37). The Kier molecular flexibility index (Phi) is 7.91. The highest BCUT2D eigenvalue weighted by Crippen LogP contribution is 2.44. The van der Waals surface area contributed by atoms with Crippen molar-refractivity contribution in [2.75, 3.05) is 17.2 Å². The van der Waals surface area contributed by atoms with Crippen molar-refractivity contribution in [3.05, 3.63) is 88.8 Å². The van der Waals surface area contributed by atoms with Gasteiger partial charge in [0.2, 0.25) is 11.9 Å². The van der Waals surface area contributed by atoms with E-state index in [4.69, 9.17) is 23.2 Å². The molecule has 4 aromatic rings. The van der Waals surface area contributed by atoms with Crippen LogP contribution in [0.3, 0.4) is 0 Å². The molecule has 0 bridgehead atoms. The van der Waals surface area contributed by atoms with E-state index in [1.807, 2.05) is 36.4 Å². The van der Waals surface area contributed by atoms with Crippen molar-refractivity contribution in [2.45, 2.75) is 37.3 Å². The molecule has 0 radical (unpaired) electrons. The summed E-state index contributed by atoms with van der Waals surface area (Å²) in [5, 5.41) is 3.18. The van der Waals surface area contributed by atoms with Gasteiger partial charge in [0, 0.05) is 42.3 Å². The van der Waals surface area contributed by atoms with Crippen LogP contribution in [0.15, 0.2) is 78.2 Å². The zero-order valence-corrected chi connectivity index (χ0v) is 24.7. The molecule has 0 spiro atoms. The summed E-state index contributed by atoms with van der Waals surface area (Å²) in [6.07, 6.45) is 5.15. The molecule has 2 aromatic heterocycles. The number of imidazole rings is 1. The molecule has 5 rings (SSSR count). The lowest BCUT2D eigenvalue weighted by atomic mass is 9.91. The lowest BCUT2D eigenvalue weighted by Crippen LogP contribution is -2.42. The number of benzene rings is 2. The van der Waals surface area contributed by atoms with E-state index in [0.717, 1.165) is 16.7 Å². The van der Waals surface area contributed by atoms with Gasteiger partial charge in [-0.1, -0.05) is 53.5 Å². The molecule has 2 aromatic carbocycles. The van der Waals surface area contributed by atoms with Gasteiger partial charge in [0.1, 0.15) is 5.54 Å². The molecule has 3 heterocycles. The molecular weight excluding hydrogens is 585 g/mol. The lowest BCUT2D eigenvalue weighted by Gasteiger charge is -2.27. The number of fused-ring (bicyclic) bond motifs is 1. The number of nitrogens with zero attached hydrogens (tertiary/aromatic N) is 4. The Bertz CT molecular complexity index is 1710. The van der Waals surface area contributed by atoms with Crippen LogP contribution in [0.4, 0.5) is 11.6 Å². The number of anilines is 2. The zero-order chi connectivity index (χ0) is 29.4. The van der Waals surface area contributed by atoms with E-state index in [0.29, 0.717) is 15.7 Å². The van der Waals surface area contributed by atoms with Gasteiger partial charge >= 0.3 is 0 Å². The summed E-state index contributed by atoms with van der Waals surface area (Å²) in [5.41, 5.74) is 1.79. The summed E-state index contributed by atoms with van der Waals surface area (Å²) in [6.45, 7) is 3.29. The van der Waals surface area contributed by atoms with Crippen LogP contribution in [0.5, 0.6) is 0 Å². The summed E-state index contributed by atoms with van der Waals surface area (Å²) >= 11 is 12.5. The van der Waals surface area contributed by atoms with Gasteiger partial charge in [-0.05, 0) is 54.3 Å². The topological polar surface area (TPSA) is 114 Å². The first kappa shape index (κ1) is 28.8. The minimum Gasteiger partial charge on any atom is -0.356 e. The maximum Gasteiger partial charge on any atom is 0.260 e. The van der Waals surface area contributed by atoms with Crippen molar-refractivity contribution in [1.82, 2.24) is 19.9 Å². The van der Waals surface area contributed by atoms with Crippen molar-refractivity contribution in [2.24, 2.45) is 0 Å². The van der Waals surface area contributed by atoms with Crippen LogP contribution in [0, 0.1) is 0 Å². The van der Waals surface area contributed by atoms with Gasteiger partial charge in [-0.2, -0.15) is 0 Å². The predicted octanol–water partition coefficient (Wildman–Crippen LogP) is 5.19. The van der Waals surface area contributed by atoms with Crippen LogP contribution in [-0.4, -0.2) is 47.1 Å². The average molecular weight is 613 g/mol. The average Bonchev–Trinajstić information content (AvgIpc) is 3.45. The molecule has 41 heavy (non-hydrogen) atoms. The summed E-state index contributed by atoms with van der Waals surface area (Å²) in [5.74, 6) is -0.685. The fourth-order valence-corrected chi connectivity index (χ4v) is 7.05. The van der Waals surface area contributed by atoms with E-state index in [1.165, 1.54) is 22.6 Å². The second kappa shape index (κ2) is 11.3. The number of carbonyl (C=O) groups excluding carboxylic acids is 2. The summed E-state index contributed by atoms with van der Waals surface area (Å²) in [4.78, 5) is 35.4. The first-order valence-electron chi connectivity index (χ1n) is 12.8. The highest BCUT2D eigenvalue weighted by Gasteiger charge is 2.51. The maximum absolute atomic E-state index is 14.2. The third kappa shape index (κ3) is 5.72. The lowest BCUT2D eigenvalue weighted by molar-refractivity contribution is -0.124. The van der Waals surface area contributed by atoms with Crippen LogP contribution in [-0.2, 0) is 31.4 Å². The number of halogens is 2. The van der Waals surface area contributed by atoms with Gasteiger partial charge in [0.15, 0.2) is 14.9 Å². The van der Waals surface area contributed by atoms with Crippen LogP contribution in [0.1, 0.15) is 25.8 Å². The molecular formula is C29H27Cl2N5O4S. The smallest absolute Gasteiger partial charge is 0.260 e. The van der Waals surface area contributed by atoms with Crippen molar-refractivity contribution in [1.29, 1.82) is 0 Å². The van der Waals surface area contributed by atoms with Gasteiger partial charge in [0.25, 0.3) is 5.91 Å². The molecule has 9 nitrogen and oxygen atoms in total. The Morgan fingerprint density at radius 2 is 1.73 bits per heavy atom. The van der Waals surface area contributed by atoms with Crippen molar-refractivity contribution in [3.63, 3.8) is 0 Å². The fraction of sp³-hybridized carbons (Fsp3) is 0.241. The highest BCUT2D eigenvalue weighted by molar-refractivity contribution is 7.91. The molecule has 2 amide bonds. The molecule has 12 heteroatoms. The summed E-state index contributed by atoms with van der Waals surface area (Å²) in [7, 11) is -3.88. The number of pyridine rings is 1. The fourth-order valence-electron chi connectivity index (χ4n) is 5.03. The number of rotatable bonds is 9. The molecule has 1 atom stereocenters. The first-order chi connectivity index (χ1) is 19.5. The van der Waals surface area contributed by atoms with E-state index in [2.05, 4.69) is 15.3 Å². The molecule has 0 saturated carbocycles. The van der Waals surface area contributed by atoms with Gasteiger partial charge in [-0.3, -0.25) is 19.1 Å². The largest absolute Gasteiger partial charge is 0.356 e. The van der Waals surface area contributed by atoms with Crippen LogP contribution >= 0.6 is 23.2 Å². The maximum atomic E-state index is 14.2. The Hall–Kier alpha value is -3.73.